The summed E-state index contributed by atoms with van der Waals surface area (Å²) in [7, 11) is 0. The van der Waals surface area contributed by atoms with Gasteiger partial charge in [0, 0.05) is 5.92 Å². The van der Waals surface area contributed by atoms with Crippen molar-refractivity contribution in [1.29, 1.82) is 5.41 Å². The van der Waals surface area contributed by atoms with E-state index in [4.69, 9.17) is 14.9 Å². The van der Waals surface area contributed by atoms with E-state index in [-0.39, 0.29) is 24.1 Å². The van der Waals surface area contributed by atoms with Crippen LogP contribution in [-0.2, 0) is 4.79 Å². The monoisotopic (exact) mass is 418 g/mol. The first-order chi connectivity index (χ1) is 14.6. The molecule has 150 valence electrons. The molecule has 3 aliphatic heterocycles. The molecule has 0 fully saturated rings. The van der Waals surface area contributed by atoms with Crippen LogP contribution < -0.4 is 9.47 Å². The highest BCUT2D eigenvalue weighted by Crippen LogP contribution is 2.37. The Bertz CT molecular complexity index is 1140. The molecule has 30 heavy (non-hydrogen) atoms. The molecule has 8 heteroatoms. The normalized spacial score (nSPS) is 19.6. The number of hydrogen-bond acceptors (Lipinski definition) is 6. The molecule has 2 aromatic rings. The van der Waals surface area contributed by atoms with Crippen LogP contribution in [0.25, 0.3) is 6.08 Å². The molecule has 1 atom stereocenters. The smallest absolute Gasteiger partial charge is 0.283 e. The molecule has 7 nitrogen and oxygen atoms in total. The van der Waals surface area contributed by atoms with Gasteiger partial charge in [0.25, 0.3) is 5.91 Å². The zero-order chi connectivity index (χ0) is 20.7. The molecule has 0 aromatic heterocycles. The van der Waals surface area contributed by atoms with Gasteiger partial charge in [0.2, 0.25) is 12.0 Å². The zero-order valence-corrected chi connectivity index (χ0v) is 17.0. The Hall–Kier alpha value is -3.39. The maximum atomic E-state index is 12.7. The van der Waals surface area contributed by atoms with Crippen molar-refractivity contribution in [2.75, 3.05) is 6.79 Å². The van der Waals surface area contributed by atoms with Crippen LogP contribution >= 0.6 is 11.8 Å². The number of nitrogens with zero attached hydrogens (tertiary/aromatic N) is 3. The summed E-state index contributed by atoms with van der Waals surface area (Å²) in [6, 6.07) is 15.5. The van der Waals surface area contributed by atoms with Crippen LogP contribution in [0.1, 0.15) is 30.4 Å². The second-order valence-corrected chi connectivity index (χ2v) is 7.93. The minimum atomic E-state index is -0.444. The maximum absolute atomic E-state index is 12.7. The molecular formula is C22H18N4O3S. The first-order valence-electron chi connectivity index (χ1n) is 9.58. The molecule has 1 amide bonds. The van der Waals surface area contributed by atoms with Crippen molar-refractivity contribution in [3.05, 3.63) is 65.2 Å². The van der Waals surface area contributed by atoms with Crippen molar-refractivity contribution < 1.29 is 14.3 Å². The van der Waals surface area contributed by atoms with Crippen molar-refractivity contribution >= 4 is 39.8 Å². The lowest BCUT2D eigenvalue weighted by Gasteiger charge is -2.20. The third-order valence-corrected chi connectivity index (χ3v) is 6.11. The second-order valence-electron chi connectivity index (χ2n) is 6.94. The predicted molar refractivity (Wildman–Crippen MR) is 117 cm³/mol. The fourth-order valence-electron chi connectivity index (χ4n) is 3.56. The van der Waals surface area contributed by atoms with E-state index in [9.17, 15) is 4.79 Å². The molecular weight excluding hydrogens is 400 g/mol. The summed E-state index contributed by atoms with van der Waals surface area (Å²) in [6.45, 7) is 2.28. The van der Waals surface area contributed by atoms with Gasteiger partial charge in [-0.25, -0.2) is 0 Å². The van der Waals surface area contributed by atoms with Crippen molar-refractivity contribution in [3.8, 4) is 11.5 Å². The Labute approximate surface area is 177 Å². The third-order valence-electron chi connectivity index (χ3n) is 5.09. The number of aliphatic imine (C=N–C) groups is 1. The molecule has 1 unspecified atom stereocenters. The Morgan fingerprint density at radius 3 is 2.80 bits per heavy atom. The number of hydrogen-bond donors (Lipinski definition) is 1. The molecule has 0 spiro atoms. The molecule has 0 bridgehead atoms. The third kappa shape index (κ3) is 3.19. The Morgan fingerprint density at radius 1 is 1.20 bits per heavy atom. The molecule has 3 aliphatic rings. The lowest BCUT2D eigenvalue weighted by Crippen LogP contribution is -2.35. The van der Waals surface area contributed by atoms with Gasteiger partial charge >= 0.3 is 0 Å². The van der Waals surface area contributed by atoms with E-state index in [0.717, 1.165) is 22.6 Å². The number of hydrazone groups is 1. The van der Waals surface area contributed by atoms with Gasteiger partial charge in [-0.1, -0.05) is 43.3 Å². The Balaban J connectivity index is 1.46. The number of fused-ring (bicyclic) bond motifs is 2. The number of amidine groups is 2. The molecule has 0 aliphatic carbocycles. The summed E-state index contributed by atoms with van der Waals surface area (Å²) >= 11 is 1.35. The van der Waals surface area contributed by atoms with Gasteiger partial charge in [-0.2, -0.15) is 15.1 Å². The average Bonchev–Trinajstić information content (AvgIpc) is 3.39. The minimum absolute atomic E-state index is 0.0214. The first kappa shape index (κ1) is 18.6. The molecule has 5 rings (SSSR count). The number of nitrogens with one attached hydrogen (secondary N) is 1. The highest BCUT2D eigenvalue weighted by molar-refractivity contribution is 8.27. The highest BCUT2D eigenvalue weighted by Gasteiger charge is 2.37. The number of benzene rings is 2. The topological polar surface area (TPSA) is 87.3 Å². The Kier molecular flexibility index (Phi) is 4.63. The summed E-state index contributed by atoms with van der Waals surface area (Å²) in [6.07, 6.45) is 2.50. The van der Waals surface area contributed by atoms with Gasteiger partial charge in [-0.15, -0.1) is 0 Å². The molecule has 1 N–H and O–H groups in total. The Morgan fingerprint density at radius 2 is 2.00 bits per heavy atom. The number of carbonyl (C=O) groups is 1. The van der Waals surface area contributed by atoms with Crippen LogP contribution in [0.15, 0.2) is 64.2 Å². The van der Waals surface area contributed by atoms with E-state index in [1.54, 1.807) is 18.2 Å². The second kappa shape index (κ2) is 7.46. The zero-order valence-electron chi connectivity index (χ0n) is 16.2. The quantitative estimate of drug-likeness (QED) is 0.751. The van der Waals surface area contributed by atoms with Crippen LogP contribution in [0.4, 0.5) is 0 Å². The summed E-state index contributed by atoms with van der Waals surface area (Å²) in [5.74, 6) is 0.954. The standard InChI is InChI=1S/C22H18N4O3S/c1-2-15(14-6-4-3-5-7-14)21-25-26-19(23)16(20(27)24-22(26)30-21)10-13-8-9-17-18(11-13)29-12-28-17/h3-11,15,23H,2,12H2,1H3. The molecule has 2 aromatic carbocycles. The lowest BCUT2D eigenvalue weighted by molar-refractivity contribution is -0.114. The van der Waals surface area contributed by atoms with Crippen LogP contribution in [0, 0.1) is 5.41 Å². The van der Waals surface area contributed by atoms with Crippen LogP contribution in [0.3, 0.4) is 0 Å². The summed E-state index contributed by atoms with van der Waals surface area (Å²) in [4.78, 5) is 16.9. The van der Waals surface area contributed by atoms with E-state index in [1.165, 1.54) is 16.8 Å². The highest BCUT2D eigenvalue weighted by atomic mass is 32.2. The van der Waals surface area contributed by atoms with Crippen molar-refractivity contribution in [2.45, 2.75) is 19.3 Å². The fraction of sp³-hybridized carbons (Fsp3) is 0.182. The molecule has 0 radical (unpaired) electrons. The van der Waals surface area contributed by atoms with E-state index in [2.05, 4.69) is 29.2 Å². The van der Waals surface area contributed by atoms with Gasteiger partial charge < -0.3 is 9.47 Å². The predicted octanol–water partition coefficient (Wildman–Crippen LogP) is 4.23. The summed E-state index contributed by atoms with van der Waals surface area (Å²) in [5, 5.41) is 15.9. The largest absolute Gasteiger partial charge is 0.454 e. The number of carbonyl (C=O) groups excluding carboxylic acids is 1. The lowest BCUT2D eigenvalue weighted by atomic mass is 9.98. The van der Waals surface area contributed by atoms with E-state index < -0.39 is 5.91 Å². The number of amides is 1. The SMILES string of the molecule is CCC(C1=NN2C(=N)C(=Cc3ccc4c(c3)OCO4)C(=O)N=C2S1)c1ccccc1. The summed E-state index contributed by atoms with van der Waals surface area (Å²) < 4.78 is 10.7. The fourth-order valence-corrected chi connectivity index (χ4v) is 4.66. The van der Waals surface area contributed by atoms with E-state index in [1.807, 2.05) is 24.3 Å². The van der Waals surface area contributed by atoms with E-state index in [0.29, 0.717) is 16.7 Å². The molecule has 0 saturated heterocycles. The van der Waals surface area contributed by atoms with Crippen LogP contribution in [0.5, 0.6) is 11.5 Å². The molecule has 3 heterocycles. The number of thioether (sulfide) groups is 1. The van der Waals surface area contributed by atoms with Crippen molar-refractivity contribution in [1.82, 2.24) is 5.01 Å². The first-order valence-corrected chi connectivity index (χ1v) is 10.4. The van der Waals surface area contributed by atoms with Crippen molar-refractivity contribution in [2.24, 2.45) is 10.1 Å². The average molecular weight is 418 g/mol. The maximum Gasteiger partial charge on any atom is 0.283 e. The minimum Gasteiger partial charge on any atom is -0.454 e. The molecule has 0 saturated carbocycles. The van der Waals surface area contributed by atoms with Crippen LogP contribution in [-0.4, -0.2) is 33.8 Å². The van der Waals surface area contributed by atoms with Crippen molar-refractivity contribution in [3.63, 3.8) is 0 Å². The van der Waals surface area contributed by atoms with Gasteiger partial charge in [-0.05, 0) is 47.5 Å². The van der Waals surface area contributed by atoms with Crippen LogP contribution in [0.2, 0.25) is 0 Å². The van der Waals surface area contributed by atoms with Gasteiger partial charge in [0.1, 0.15) is 5.04 Å². The van der Waals surface area contributed by atoms with E-state index >= 15 is 0 Å². The van der Waals surface area contributed by atoms with Gasteiger partial charge in [0.05, 0.1) is 5.57 Å². The number of rotatable bonds is 4. The number of ether oxygens (including phenoxy) is 2. The van der Waals surface area contributed by atoms with Gasteiger partial charge in [-0.3, -0.25) is 10.2 Å². The summed E-state index contributed by atoms with van der Waals surface area (Å²) in [5.41, 5.74) is 2.08. The van der Waals surface area contributed by atoms with Gasteiger partial charge in [0.15, 0.2) is 17.3 Å².